The molecule has 4 heteroatoms. The first kappa shape index (κ1) is 9.03. The lowest BCUT2D eigenvalue weighted by atomic mass is 10.2. The van der Waals surface area contributed by atoms with E-state index in [9.17, 15) is 8.78 Å². The van der Waals surface area contributed by atoms with Crippen LogP contribution in [0.1, 0.15) is 6.92 Å². The van der Waals surface area contributed by atoms with Gasteiger partial charge in [-0.05, 0) is 13.0 Å². The number of hydrogen-bond acceptors (Lipinski definition) is 2. The van der Waals surface area contributed by atoms with Crippen LogP contribution in [0.4, 0.5) is 8.78 Å². The van der Waals surface area contributed by atoms with Crippen LogP contribution in [-0.4, -0.2) is 29.0 Å². The Kier molecular flexibility index (Phi) is 2.68. The van der Waals surface area contributed by atoms with E-state index in [1.54, 1.807) is 13.0 Å². The third-order valence-corrected chi connectivity index (χ3v) is 1.72. The Morgan fingerprint density at radius 2 is 2.33 bits per heavy atom. The second-order valence-corrected chi connectivity index (χ2v) is 2.74. The van der Waals surface area contributed by atoms with Crippen LogP contribution in [0.3, 0.4) is 0 Å². The van der Waals surface area contributed by atoms with Gasteiger partial charge >= 0.3 is 0 Å². The highest BCUT2D eigenvalue weighted by atomic mass is 19.3. The first-order valence-corrected chi connectivity index (χ1v) is 3.72. The maximum Gasteiger partial charge on any atom is 0.255 e. The van der Waals surface area contributed by atoms with Gasteiger partial charge in [0.05, 0.1) is 6.54 Å². The van der Waals surface area contributed by atoms with Crippen LogP contribution < -0.4 is 0 Å². The number of aliphatic hydroxyl groups is 1. The lowest BCUT2D eigenvalue weighted by Crippen LogP contribution is -2.32. The van der Waals surface area contributed by atoms with Crippen LogP contribution in [-0.2, 0) is 0 Å². The van der Waals surface area contributed by atoms with Crippen molar-refractivity contribution in [2.45, 2.75) is 19.4 Å². The molecule has 0 spiro atoms. The fourth-order valence-corrected chi connectivity index (χ4v) is 1.06. The fraction of sp³-hybridized carbons (Fsp3) is 0.500. The van der Waals surface area contributed by atoms with Crippen molar-refractivity contribution in [1.82, 2.24) is 4.90 Å². The minimum Gasteiger partial charge on any atom is -0.506 e. The summed E-state index contributed by atoms with van der Waals surface area (Å²) in [5.74, 6) is 0.0220. The van der Waals surface area contributed by atoms with Crippen molar-refractivity contribution in [3.8, 4) is 0 Å². The Hall–Kier alpha value is -1.06. The summed E-state index contributed by atoms with van der Waals surface area (Å²) in [6.45, 7) is 1.46. The molecule has 1 N–H and O–H groups in total. The number of alkyl halides is 2. The summed E-state index contributed by atoms with van der Waals surface area (Å²) in [5, 5.41) is 9.00. The van der Waals surface area contributed by atoms with E-state index in [1.807, 2.05) is 0 Å². The first-order valence-electron chi connectivity index (χ1n) is 3.72. The summed E-state index contributed by atoms with van der Waals surface area (Å²) in [5.41, 5.74) is 0. The molecule has 0 amide bonds. The van der Waals surface area contributed by atoms with Crippen LogP contribution in [0, 0.1) is 0 Å². The number of rotatable bonds is 2. The second kappa shape index (κ2) is 3.56. The Bertz CT molecular complexity index is 213. The molecule has 0 saturated carbocycles. The van der Waals surface area contributed by atoms with Crippen LogP contribution in [0.25, 0.3) is 0 Å². The molecule has 1 heterocycles. The van der Waals surface area contributed by atoms with Crippen molar-refractivity contribution >= 4 is 0 Å². The van der Waals surface area contributed by atoms with Gasteiger partial charge in [-0.1, -0.05) is 6.08 Å². The van der Waals surface area contributed by atoms with Gasteiger partial charge in [0.15, 0.2) is 0 Å². The van der Waals surface area contributed by atoms with Crippen LogP contribution in [0.15, 0.2) is 24.1 Å². The van der Waals surface area contributed by atoms with E-state index in [-0.39, 0.29) is 18.3 Å². The second-order valence-electron chi connectivity index (χ2n) is 2.74. The van der Waals surface area contributed by atoms with Gasteiger partial charge in [-0.25, -0.2) is 8.78 Å². The Labute approximate surface area is 69.8 Å². The van der Waals surface area contributed by atoms with E-state index < -0.39 is 6.43 Å². The molecule has 0 aromatic rings. The van der Waals surface area contributed by atoms with Crippen molar-refractivity contribution in [1.29, 1.82) is 0 Å². The summed E-state index contributed by atoms with van der Waals surface area (Å²) < 4.78 is 23.9. The standard InChI is InChI=1S/C8H11F2NO/c1-6-2-3-7(12)4-11(6)5-8(9)10/h2-4,6,8,12H,5H2,1H3. The molecule has 1 aliphatic heterocycles. The normalized spacial score (nSPS) is 23.2. The molecule has 2 nitrogen and oxygen atoms in total. The molecule has 1 atom stereocenters. The number of halogens is 2. The summed E-state index contributed by atoms with van der Waals surface area (Å²) in [7, 11) is 0. The van der Waals surface area contributed by atoms with Crippen molar-refractivity contribution in [2.75, 3.05) is 6.54 Å². The zero-order valence-electron chi connectivity index (χ0n) is 6.74. The quantitative estimate of drug-likeness (QED) is 0.693. The summed E-state index contributed by atoms with van der Waals surface area (Å²) in [4.78, 5) is 1.40. The van der Waals surface area contributed by atoms with Crippen LogP contribution in [0.5, 0.6) is 0 Å². The molecule has 1 unspecified atom stereocenters. The molecular weight excluding hydrogens is 164 g/mol. The average molecular weight is 175 g/mol. The molecule has 0 aromatic carbocycles. The monoisotopic (exact) mass is 175 g/mol. The van der Waals surface area contributed by atoms with Crippen LogP contribution >= 0.6 is 0 Å². The van der Waals surface area contributed by atoms with E-state index >= 15 is 0 Å². The molecule has 0 bridgehead atoms. The largest absolute Gasteiger partial charge is 0.506 e. The minimum atomic E-state index is -2.37. The molecule has 1 aliphatic rings. The molecule has 0 aromatic heterocycles. The van der Waals surface area contributed by atoms with Gasteiger partial charge in [-0.2, -0.15) is 0 Å². The Morgan fingerprint density at radius 1 is 1.67 bits per heavy atom. The molecule has 0 aliphatic carbocycles. The molecule has 1 rings (SSSR count). The summed E-state index contributed by atoms with van der Waals surface area (Å²) >= 11 is 0. The topological polar surface area (TPSA) is 23.5 Å². The zero-order valence-corrected chi connectivity index (χ0v) is 6.74. The number of aliphatic hydroxyl groups excluding tert-OH is 1. The van der Waals surface area contributed by atoms with Crippen molar-refractivity contribution in [3.63, 3.8) is 0 Å². The predicted octanol–water partition coefficient (Wildman–Crippen LogP) is 1.91. The Morgan fingerprint density at radius 3 is 2.92 bits per heavy atom. The number of allylic oxidation sites excluding steroid dienone is 1. The van der Waals surface area contributed by atoms with Gasteiger partial charge < -0.3 is 10.0 Å². The summed E-state index contributed by atoms with van der Waals surface area (Å²) in [6, 6.07) is -0.0742. The third kappa shape index (κ3) is 2.22. The minimum absolute atomic E-state index is 0.0220. The molecular formula is C8H11F2NO. The van der Waals surface area contributed by atoms with Crippen LogP contribution in [0.2, 0.25) is 0 Å². The maximum absolute atomic E-state index is 11.9. The Balaban J connectivity index is 2.58. The molecule has 12 heavy (non-hydrogen) atoms. The predicted molar refractivity (Wildman–Crippen MR) is 42.0 cm³/mol. The van der Waals surface area contributed by atoms with Gasteiger partial charge in [0.2, 0.25) is 0 Å². The highest BCUT2D eigenvalue weighted by Crippen LogP contribution is 2.12. The lowest BCUT2D eigenvalue weighted by molar-refractivity contribution is 0.0990. The number of nitrogens with zero attached hydrogens (tertiary/aromatic N) is 1. The highest BCUT2D eigenvalue weighted by Gasteiger charge is 2.16. The summed E-state index contributed by atoms with van der Waals surface area (Å²) in [6.07, 6.45) is 2.14. The SMILES string of the molecule is CC1C=CC(O)=CN1CC(F)F. The first-order chi connectivity index (χ1) is 5.59. The third-order valence-electron chi connectivity index (χ3n) is 1.72. The van der Waals surface area contributed by atoms with E-state index in [0.29, 0.717) is 0 Å². The molecule has 0 saturated heterocycles. The van der Waals surface area contributed by atoms with Gasteiger partial charge in [0.1, 0.15) is 5.76 Å². The van der Waals surface area contributed by atoms with Gasteiger partial charge in [-0.15, -0.1) is 0 Å². The maximum atomic E-state index is 11.9. The smallest absolute Gasteiger partial charge is 0.255 e. The van der Waals surface area contributed by atoms with Crippen molar-refractivity contribution in [2.24, 2.45) is 0 Å². The fourth-order valence-electron chi connectivity index (χ4n) is 1.06. The number of hydrogen-bond donors (Lipinski definition) is 1. The molecule has 0 radical (unpaired) electrons. The van der Waals surface area contributed by atoms with E-state index in [0.717, 1.165) is 0 Å². The molecule has 68 valence electrons. The lowest BCUT2D eigenvalue weighted by Gasteiger charge is -2.27. The van der Waals surface area contributed by atoms with Crippen molar-refractivity contribution in [3.05, 3.63) is 24.1 Å². The van der Waals surface area contributed by atoms with Gasteiger partial charge in [0, 0.05) is 12.2 Å². The van der Waals surface area contributed by atoms with Gasteiger partial charge in [-0.3, -0.25) is 0 Å². The molecule has 0 fully saturated rings. The average Bonchev–Trinajstić information content (AvgIpc) is 1.96. The highest BCUT2D eigenvalue weighted by molar-refractivity contribution is 5.17. The van der Waals surface area contributed by atoms with E-state index in [1.165, 1.54) is 17.2 Å². The zero-order chi connectivity index (χ0) is 9.14. The van der Waals surface area contributed by atoms with E-state index in [4.69, 9.17) is 5.11 Å². The van der Waals surface area contributed by atoms with Crippen molar-refractivity contribution < 1.29 is 13.9 Å². The van der Waals surface area contributed by atoms with Gasteiger partial charge in [0.25, 0.3) is 6.43 Å². The van der Waals surface area contributed by atoms with E-state index in [2.05, 4.69) is 0 Å².